The highest BCUT2D eigenvalue weighted by molar-refractivity contribution is 5.32. The predicted molar refractivity (Wildman–Crippen MR) is 77.3 cm³/mol. The molecule has 0 atom stereocenters. The zero-order chi connectivity index (χ0) is 12.5. The minimum atomic E-state index is 1.17. The lowest BCUT2D eigenvalue weighted by molar-refractivity contribution is 0.285. The van der Waals surface area contributed by atoms with E-state index in [0.717, 1.165) is 0 Å². The molecule has 0 saturated carbocycles. The van der Waals surface area contributed by atoms with E-state index in [1.165, 1.54) is 58.2 Å². The Kier molecular flexibility index (Phi) is 7.27. The fourth-order valence-electron chi connectivity index (χ4n) is 2.55. The summed E-state index contributed by atoms with van der Waals surface area (Å²) in [6.07, 6.45) is 12.4. The molecular formula is C16H29N. The third-order valence-electron chi connectivity index (χ3n) is 3.54. The van der Waals surface area contributed by atoms with Gasteiger partial charge in [0, 0.05) is 13.1 Å². The molecule has 0 aromatic rings. The van der Waals surface area contributed by atoms with E-state index in [4.69, 9.17) is 0 Å². The molecule has 1 heterocycles. The zero-order valence-electron chi connectivity index (χ0n) is 12.0. The number of nitrogens with zero attached hydrogens (tertiary/aromatic N) is 1. The molecule has 1 aliphatic heterocycles. The fourth-order valence-corrected chi connectivity index (χ4v) is 2.55. The van der Waals surface area contributed by atoms with Crippen molar-refractivity contribution in [2.75, 3.05) is 19.6 Å². The summed E-state index contributed by atoms with van der Waals surface area (Å²) in [6, 6.07) is 0. The number of unbranched alkanes of at least 4 members (excludes halogenated alkanes) is 1. The van der Waals surface area contributed by atoms with Crippen LogP contribution >= 0.6 is 0 Å². The second kappa shape index (κ2) is 8.52. The molecule has 0 aromatic carbocycles. The molecule has 1 rings (SSSR count). The first-order chi connectivity index (χ1) is 8.31. The molecule has 1 nitrogen and oxygen atoms in total. The molecular weight excluding hydrogens is 206 g/mol. The molecule has 0 amide bonds. The van der Waals surface area contributed by atoms with Crippen LogP contribution in [0.25, 0.3) is 0 Å². The Morgan fingerprint density at radius 3 is 1.88 bits per heavy atom. The van der Waals surface area contributed by atoms with E-state index < -0.39 is 0 Å². The van der Waals surface area contributed by atoms with Crippen molar-refractivity contribution in [3.05, 3.63) is 23.3 Å². The largest absolute Gasteiger partial charge is 0.303 e. The van der Waals surface area contributed by atoms with Crippen molar-refractivity contribution in [2.45, 2.75) is 59.3 Å². The van der Waals surface area contributed by atoms with Crippen LogP contribution in [0.2, 0.25) is 0 Å². The highest BCUT2D eigenvalue weighted by atomic mass is 15.1. The van der Waals surface area contributed by atoms with Crippen LogP contribution in [0.1, 0.15) is 59.3 Å². The number of hydrogen-bond donors (Lipinski definition) is 0. The quantitative estimate of drug-likeness (QED) is 0.675. The SMILES string of the molecule is CC/C=C1\CCN(CCCC)CC\C1=C/CC. The second-order valence-electron chi connectivity index (χ2n) is 4.97. The first-order valence-corrected chi connectivity index (χ1v) is 7.42. The van der Waals surface area contributed by atoms with Crippen molar-refractivity contribution in [3.63, 3.8) is 0 Å². The first kappa shape index (κ1) is 14.5. The van der Waals surface area contributed by atoms with Crippen LogP contribution in [0.15, 0.2) is 23.3 Å². The molecule has 0 spiro atoms. The second-order valence-corrected chi connectivity index (χ2v) is 4.97. The monoisotopic (exact) mass is 235 g/mol. The summed E-state index contributed by atoms with van der Waals surface area (Å²) >= 11 is 0. The van der Waals surface area contributed by atoms with Gasteiger partial charge in [-0.25, -0.2) is 0 Å². The lowest BCUT2D eigenvalue weighted by Gasteiger charge is -2.18. The predicted octanol–water partition coefficient (Wildman–Crippen LogP) is 4.56. The molecule has 1 saturated heterocycles. The van der Waals surface area contributed by atoms with Gasteiger partial charge in [0.15, 0.2) is 0 Å². The molecule has 0 aromatic heterocycles. The Balaban J connectivity index is 2.62. The summed E-state index contributed by atoms with van der Waals surface area (Å²) in [5.74, 6) is 0. The van der Waals surface area contributed by atoms with E-state index in [9.17, 15) is 0 Å². The molecule has 1 fully saturated rings. The van der Waals surface area contributed by atoms with Crippen LogP contribution in [-0.2, 0) is 0 Å². The minimum Gasteiger partial charge on any atom is -0.303 e. The van der Waals surface area contributed by atoms with Gasteiger partial charge < -0.3 is 4.90 Å². The van der Waals surface area contributed by atoms with Gasteiger partial charge in [0.2, 0.25) is 0 Å². The van der Waals surface area contributed by atoms with Gasteiger partial charge in [0.1, 0.15) is 0 Å². The average molecular weight is 235 g/mol. The van der Waals surface area contributed by atoms with Gasteiger partial charge >= 0.3 is 0 Å². The summed E-state index contributed by atoms with van der Waals surface area (Å²) in [5, 5.41) is 0. The molecule has 17 heavy (non-hydrogen) atoms. The fraction of sp³-hybridized carbons (Fsp3) is 0.750. The molecule has 0 radical (unpaired) electrons. The van der Waals surface area contributed by atoms with Crippen LogP contribution in [-0.4, -0.2) is 24.5 Å². The van der Waals surface area contributed by atoms with Gasteiger partial charge in [-0.05, 0) is 49.8 Å². The van der Waals surface area contributed by atoms with Gasteiger partial charge in [-0.3, -0.25) is 0 Å². The van der Waals surface area contributed by atoms with Crippen molar-refractivity contribution in [1.29, 1.82) is 0 Å². The van der Waals surface area contributed by atoms with Crippen molar-refractivity contribution in [2.24, 2.45) is 0 Å². The number of hydrogen-bond acceptors (Lipinski definition) is 1. The lowest BCUT2D eigenvalue weighted by atomic mass is 9.99. The van der Waals surface area contributed by atoms with Gasteiger partial charge in [-0.2, -0.15) is 0 Å². The molecule has 1 aliphatic rings. The standard InChI is InChI=1S/C16H29N/c1-4-7-12-17-13-10-15(8-5-2)16(9-6-3)11-14-17/h8-9H,4-7,10-14H2,1-3H3/b15-8+,16-9+. The number of allylic oxidation sites excluding steroid dienone is 2. The third kappa shape index (κ3) is 5.08. The van der Waals surface area contributed by atoms with Crippen LogP contribution < -0.4 is 0 Å². The Morgan fingerprint density at radius 2 is 1.47 bits per heavy atom. The maximum Gasteiger partial charge on any atom is 0.00219 e. The maximum atomic E-state index is 2.64. The molecule has 0 bridgehead atoms. The molecule has 98 valence electrons. The van der Waals surface area contributed by atoms with Crippen LogP contribution in [0, 0.1) is 0 Å². The average Bonchev–Trinajstić information content (AvgIpc) is 2.52. The Bertz CT molecular complexity index is 239. The number of likely N-dealkylation sites (tertiary alicyclic amines) is 1. The maximum absolute atomic E-state index is 2.64. The lowest BCUT2D eigenvalue weighted by Crippen LogP contribution is -2.25. The van der Waals surface area contributed by atoms with Crippen LogP contribution in [0.3, 0.4) is 0 Å². The Labute approximate surface area is 108 Å². The van der Waals surface area contributed by atoms with E-state index >= 15 is 0 Å². The summed E-state index contributed by atoms with van der Waals surface area (Å²) in [4.78, 5) is 2.64. The summed E-state index contributed by atoms with van der Waals surface area (Å²) in [6.45, 7) is 10.6. The summed E-state index contributed by atoms with van der Waals surface area (Å²) in [5.41, 5.74) is 3.24. The highest BCUT2D eigenvalue weighted by Crippen LogP contribution is 2.24. The Morgan fingerprint density at radius 1 is 0.941 bits per heavy atom. The normalized spacial score (nSPS) is 23.2. The van der Waals surface area contributed by atoms with E-state index in [0.29, 0.717) is 0 Å². The molecule has 0 N–H and O–H groups in total. The summed E-state index contributed by atoms with van der Waals surface area (Å²) in [7, 11) is 0. The Hall–Kier alpha value is -0.560. The van der Waals surface area contributed by atoms with E-state index in [1.54, 1.807) is 11.1 Å². The minimum absolute atomic E-state index is 1.17. The van der Waals surface area contributed by atoms with Gasteiger partial charge in [0.25, 0.3) is 0 Å². The summed E-state index contributed by atoms with van der Waals surface area (Å²) < 4.78 is 0. The molecule has 0 aliphatic carbocycles. The van der Waals surface area contributed by atoms with Crippen molar-refractivity contribution < 1.29 is 0 Å². The van der Waals surface area contributed by atoms with Crippen molar-refractivity contribution in [3.8, 4) is 0 Å². The van der Waals surface area contributed by atoms with Gasteiger partial charge in [0.05, 0.1) is 0 Å². The highest BCUT2D eigenvalue weighted by Gasteiger charge is 2.14. The molecule has 1 heteroatoms. The smallest absolute Gasteiger partial charge is 0.00219 e. The van der Waals surface area contributed by atoms with Gasteiger partial charge in [-0.15, -0.1) is 0 Å². The van der Waals surface area contributed by atoms with E-state index in [2.05, 4.69) is 37.8 Å². The third-order valence-corrected chi connectivity index (χ3v) is 3.54. The van der Waals surface area contributed by atoms with Crippen molar-refractivity contribution >= 4 is 0 Å². The first-order valence-electron chi connectivity index (χ1n) is 7.42. The zero-order valence-corrected chi connectivity index (χ0v) is 12.0. The van der Waals surface area contributed by atoms with Gasteiger partial charge in [-0.1, -0.05) is 39.3 Å². The van der Waals surface area contributed by atoms with Crippen molar-refractivity contribution in [1.82, 2.24) is 4.90 Å². The van der Waals surface area contributed by atoms with E-state index in [1.807, 2.05) is 0 Å². The topological polar surface area (TPSA) is 3.24 Å². The van der Waals surface area contributed by atoms with Crippen LogP contribution in [0.5, 0.6) is 0 Å². The van der Waals surface area contributed by atoms with Crippen LogP contribution in [0.4, 0.5) is 0 Å². The molecule has 0 unspecified atom stereocenters. The number of rotatable bonds is 5. The van der Waals surface area contributed by atoms with E-state index in [-0.39, 0.29) is 0 Å².